The van der Waals surface area contributed by atoms with Gasteiger partial charge in [-0.1, -0.05) is 40.2 Å². The zero-order valence-electron chi connectivity index (χ0n) is 19.4. The van der Waals surface area contributed by atoms with Crippen molar-refractivity contribution < 1.29 is 27.1 Å². The van der Waals surface area contributed by atoms with E-state index in [4.69, 9.17) is 4.74 Å². The van der Waals surface area contributed by atoms with Crippen LogP contribution in [0, 0.1) is 5.82 Å². The van der Waals surface area contributed by atoms with Crippen molar-refractivity contribution in [3.8, 4) is 5.75 Å². The maximum atomic E-state index is 13.9. The third-order valence-corrected chi connectivity index (χ3v) is 6.34. The number of benzene rings is 3. The van der Waals surface area contributed by atoms with Crippen LogP contribution in [0.15, 0.2) is 81.7 Å². The zero-order chi connectivity index (χ0) is 27.1. The first-order chi connectivity index (χ1) is 18.2. The van der Waals surface area contributed by atoms with Crippen LogP contribution in [-0.4, -0.2) is 17.1 Å². The molecule has 0 radical (unpaired) electrons. The highest BCUT2D eigenvalue weighted by molar-refractivity contribution is 9.10. The topological polar surface area (TPSA) is 75.6 Å². The summed E-state index contributed by atoms with van der Waals surface area (Å²) in [7, 11) is 0. The van der Waals surface area contributed by atoms with Crippen LogP contribution >= 0.6 is 27.3 Å². The Morgan fingerprint density at radius 1 is 1.11 bits per heavy atom. The average Bonchev–Trinajstić information content (AvgIpc) is 3.30. The van der Waals surface area contributed by atoms with Crippen LogP contribution in [0.1, 0.15) is 22.4 Å². The fourth-order valence-electron chi connectivity index (χ4n) is 3.24. The smallest absolute Gasteiger partial charge is 0.416 e. The first-order valence-corrected chi connectivity index (χ1v) is 12.7. The molecule has 6 nitrogen and oxygen atoms in total. The van der Waals surface area contributed by atoms with Gasteiger partial charge < -0.3 is 10.1 Å². The molecule has 3 aromatic carbocycles. The summed E-state index contributed by atoms with van der Waals surface area (Å²) in [6.45, 7) is 0.0161. The number of hydrogen-bond donors (Lipinski definition) is 2. The Labute approximate surface area is 227 Å². The van der Waals surface area contributed by atoms with Gasteiger partial charge in [0.2, 0.25) is 5.91 Å². The third kappa shape index (κ3) is 7.62. The standard InChI is InChI=1S/C26H19BrF4N4O2S/c27-19-8-9-23(37-14-16-4-1-2-7-22(16)28)17(10-19)13-32-35-24(36)12-21-15-38-25(34-21)33-20-6-3-5-18(11-20)26(29,30)31/h1-11,13,15H,12,14H2,(H,33,34)(H,35,36)/b32-13-. The molecule has 0 saturated carbocycles. The number of rotatable bonds is 9. The maximum Gasteiger partial charge on any atom is 0.416 e. The number of nitrogens with one attached hydrogen (secondary N) is 2. The van der Waals surface area contributed by atoms with Crippen LogP contribution in [0.3, 0.4) is 0 Å². The van der Waals surface area contributed by atoms with Crippen molar-refractivity contribution in [1.29, 1.82) is 0 Å². The van der Waals surface area contributed by atoms with E-state index < -0.39 is 17.6 Å². The molecule has 4 aromatic rings. The van der Waals surface area contributed by atoms with Gasteiger partial charge in [0.1, 0.15) is 18.2 Å². The molecule has 1 heterocycles. The number of carbonyl (C=O) groups excluding carboxylic acids is 1. The van der Waals surface area contributed by atoms with Gasteiger partial charge in [0.25, 0.3) is 0 Å². The number of anilines is 2. The summed E-state index contributed by atoms with van der Waals surface area (Å²) in [5, 5.41) is 8.77. The molecule has 196 valence electrons. The van der Waals surface area contributed by atoms with E-state index in [9.17, 15) is 22.4 Å². The Morgan fingerprint density at radius 2 is 1.92 bits per heavy atom. The Balaban J connectivity index is 1.33. The van der Waals surface area contributed by atoms with Gasteiger partial charge in [-0.15, -0.1) is 11.3 Å². The summed E-state index contributed by atoms with van der Waals surface area (Å²) in [5.74, 6) is -0.373. The second-order valence-electron chi connectivity index (χ2n) is 7.88. The van der Waals surface area contributed by atoms with Crippen LogP contribution < -0.4 is 15.5 Å². The second kappa shape index (κ2) is 12.2. The van der Waals surface area contributed by atoms with Crippen molar-refractivity contribution in [2.24, 2.45) is 5.10 Å². The summed E-state index contributed by atoms with van der Waals surface area (Å²) >= 11 is 4.53. The van der Waals surface area contributed by atoms with Gasteiger partial charge in [-0.25, -0.2) is 14.8 Å². The van der Waals surface area contributed by atoms with Crippen LogP contribution in [0.4, 0.5) is 28.4 Å². The highest BCUT2D eigenvalue weighted by Gasteiger charge is 2.30. The monoisotopic (exact) mass is 606 g/mol. The van der Waals surface area contributed by atoms with Gasteiger partial charge in [-0.2, -0.15) is 18.3 Å². The Hall–Kier alpha value is -3.77. The molecule has 1 aromatic heterocycles. The molecule has 0 aliphatic heterocycles. The van der Waals surface area contributed by atoms with Crippen molar-refractivity contribution in [3.05, 3.63) is 105 Å². The van der Waals surface area contributed by atoms with Crippen molar-refractivity contribution >= 4 is 50.2 Å². The number of ether oxygens (including phenoxy) is 1. The Bertz CT molecular complexity index is 1460. The van der Waals surface area contributed by atoms with E-state index in [1.807, 2.05) is 0 Å². The van der Waals surface area contributed by atoms with Crippen molar-refractivity contribution in [1.82, 2.24) is 10.4 Å². The third-order valence-electron chi connectivity index (χ3n) is 5.04. The van der Waals surface area contributed by atoms with Gasteiger partial charge >= 0.3 is 6.18 Å². The molecular weight excluding hydrogens is 588 g/mol. The molecule has 0 unspecified atom stereocenters. The minimum Gasteiger partial charge on any atom is -0.488 e. The van der Waals surface area contributed by atoms with E-state index in [0.29, 0.717) is 27.7 Å². The SMILES string of the molecule is O=C(Cc1csc(Nc2cccc(C(F)(F)F)c2)n1)N/N=C\c1cc(Br)ccc1OCc1ccccc1F. The molecule has 0 bridgehead atoms. The van der Waals surface area contributed by atoms with E-state index >= 15 is 0 Å². The quantitative estimate of drug-likeness (QED) is 0.121. The largest absolute Gasteiger partial charge is 0.488 e. The molecule has 12 heteroatoms. The van der Waals surface area contributed by atoms with Gasteiger partial charge in [0, 0.05) is 26.7 Å². The van der Waals surface area contributed by atoms with Crippen LogP contribution in [0.2, 0.25) is 0 Å². The lowest BCUT2D eigenvalue weighted by molar-refractivity contribution is -0.137. The predicted octanol–water partition coefficient (Wildman–Crippen LogP) is 7.08. The minimum atomic E-state index is -4.45. The number of amides is 1. The molecule has 0 aliphatic rings. The summed E-state index contributed by atoms with van der Waals surface area (Å²) in [6.07, 6.45) is -3.14. The Kier molecular flexibility index (Phi) is 8.74. The van der Waals surface area contributed by atoms with Gasteiger partial charge in [0.05, 0.1) is 23.9 Å². The summed E-state index contributed by atoms with van der Waals surface area (Å²) < 4.78 is 59.1. The lowest BCUT2D eigenvalue weighted by Crippen LogP contribution is -2.20. The van der Waals surface area contributed by atoms with E-state index in [1.165, 1.54) is 24.4 Å². The number of hydrazone groups is 1. The normalized spacial score (nSPS) is 11.5. The molecular formula is C26H19BrF4N4O2S. The molecule has 0 atom stereocenters. The highest BCUT2D eigenvalue weighted by atomic mass is 79.9. The molecule has 4 rings (SSSR count). The first-order valence-electron chi connectivity index (χ1n) is 11.0. The van der Waals surface area contributed by atoms with Crippen LogP contribution in [0.25, 0.3) is 0 Å². The predicted molar refractivity (Wildman–Crippen MR) is 141 cm³/mol. The lowest BCUT2D eigenvalue weighted by atomic mass is 10.2. The van der Waals surface area contributed by atoms with Crippen molar-refractivity contribution in [2.75, 3.05) is 5.32 Å². The number of alkyl halides is 3. The van der Waals surface area contributed by atoms with Gasteiger partial charge in [0.15, 0.2) is 5.13 Å². The lowest BCUT2D eigenvalue weighted by Gasteiger charge is -2.10. The van der Waals surface area contributed by atoms with Crippen LogP contribution in [0.5, 0.6) is 5.75 Å². The van der Waals surface area contributed by atoms with E-state index in [2.05, 4.69) is 36.8 Å². The van der Waals surface area contributed by atoms with E-state index in [1.54, 1.807) is 41.8 Å². The molecule has 1 amide bonds. The van der Waals surface area contributed by atoms with Crippen molar-refractivity contribution in [3.63, 3.8) is 0 Å². The summed E-state index contributed by atoms with van der Waals surface area (Å²) in [4.78, 5) is 16.6. The molecule has 0 spiro atoms. The summed E-state index contributed by atoms with van der Waals surface area (Å²) in [6, 6.07) is 16.2. The Morgan fingerprint density at radius 3 is 2.71 bits per heavy atom. The van der Waals surface area contributed by atoms with E-state index in [0.717, 1.165) is 27.9 Å². The molecule has 2 N–H and O–H groups in total. The average molecular weight is 607 g/mol. The number of halogens is 5. The fourth-order valence-corrected chi connectivity index (χ4v) is 4.35. The molecule has 0 saturated heterocycles. The number of hydrogen-bond acceptors (Lipinski definition) is 6. The number of carbonyl (C=O) groups is 1. The van der Waals surface area contributed by atoms with Crippen LogP contribution in [-0.2, 0) is 24.0 Å². The van der Waals surface area contributed by atoms with E-state index in [-0.39, 0.29) is 24.5 Å². The zero-order valence-corrected chi connectivity index (χ0v) is 21.8. The molecule has 38 heavy (non-hydrogen) atoms. The highest BCUT2D eigenvalue weighted by Crippen LogP contribution is 2.32. The van der Waals surface area contributed by atoms with Gasteiger partial charge in [-0.05, 0) is 42.5 Å². The van der Waals surface area contributed by atoms with Gasteiger partial charge in [-0.3, -0.25) is 4.79 Å². The number of aromatic nitrogens is 1. The minimum absolute atomic E-state index is 0.0161. The maximum absolute atomic E-state index is 13.9. The molecule has 0 fully saturated rings. The van der Waals surface area contributed by atoms with Crippen molar-refractivity contribution in [2.45, 2.75) is 19.2 Å². The summed E-state index contributed by atoms with van der Waals surface area (Å²) in [5.41, 5.74) is 3.25. The first kappa shape index (κ1) is 27.3. The number of nitrogens with zero attached hydrogens (tertiary/aromatic N) is 2. The fraction of sp³-hybridized carbons (Fsp3) is 0.115. The number of thiazole rings is 1. The molecule has 0 aliphatic carbocycles. The second-order valence-corrected chi connectivity index (χ2v) is 9.65.